The molecule has 1 aromatic heterocycles. The third-order valence-electron chi connectivity index (χ3n) is 2.63. The van der Waals surface area contributed by atoms with Gasteiger partial charge >= 0.3 is 0 Å². The van der Waals surface area contributed by atoms with Crippen LogP contribution in [0.1, 0.15) is 11.3 Å². The van der Waals surface area contributed by atoms with Crippen LogP contribution in [0.25, 0.3) is 0 Å². The average Bonchev–Trinajstić information content (AvgIpc) is 2.90. The molecule has 2 aromatic rings. The summed E-state index contributed by atoms with van der Waals surface area (Å²) in [6, 6.07) is 9.15. The molecular weight excluding hydrogens is 228 g/mol. The van der Waals surface area contributed by atoms with Crippen molar-refractivity contribution in [2.24, 2.45) is 5.73 Å². The van der Waals surface area contributed by atoms with Crippen LogP contribution in [0.2, 0.25) is 0 Å². The molecule has 0 bridgehead atoms. The molecule has 0 aliphatic carbocycles. The number of aromatic amines is 1. The molecule has 0 spiro atoms. The van der Waals surface area contributed by atoms with Crippen molar-refractivity contribution in [3.05, 3.63) is 54.1 Å². The maximum absolute atomic E-state index is 11.8. The van der Waals surface area contributed by atoms with Gasteiger partial charge in [0.1, 0.15) is 0 Å². The van der Waals surface area contributed by atoms with Gasteiger partial charge < -0.3 is 16.0 Å². The summed E-state index contributed by atoms with van der Waals surface area (Å²) in [5.41, 5.74) is 7.65. The van der Waals surface area contributed by atoms with Crippen LogP contribution in [-0.4, -0.2) is 21.9 Å². The number of hydrogen-bond donors (Lipinski definition) is 3. The third-order valence-corrected chi connectivity index (χ3v) is 2.63. The summed E-state index contributed by atoms with van der Waals surface area (Å²) in [5.74, 6) is -0.165. The van der Waals surface area contributed by atoms with Gasteiger partial charge in [0.2, 0.25) is 5.91 Å². The number of rotatable bonds is 5. The molecule has 0 aliphatic heterocycles. The first-order valence-electron chi connectivity index (χ1n) is 5.80. The summed E-state index contributed by atoms with van der Waals surface area (Å²) >= 11 is 0. The molecule has 1 atom stereocenters. The van der Waals surface area contributed by atoms with E-state index in [-0.39, 0.29) is 5.91 Å². The van der Waals surface area contributed by atoms with Gasteiger partial charge in [0.05, 0.1) is 18.1 Å². The molecular formula is C13H16N4O. The van der Waals surface area contributed by atoms with Gasteiger partial charge in [-0.05, 0) is 5.56 Å². The fourth-order valence-corrected chi connectivity index (χ4v) is 1.64. The van der Waals surface area contributed by atoms with E-state index in [4.69, 9.17) is 5.73 Å². The molecule has 0 saturated heterocycles. The van der Waals surface area contributed by atoms with Crippen LogP contribution in [0.15, 0.2) is 42.9 Å². The van der Waals surface area contributed by atoms with Crippen molar-refractivity contribution in [2.75, 3.05) is 0 Å². The number of nitrogens with two attached hydrogens (primary N) is 1. The number of amides is 1. The fraction of sp³-hybridized carbons (Fsp3) is 0.231. The van der Waals surface area contributed by atoms with Crippen molar-refractivity contribution in [3.8, 4) is 0 Å². The monoisotopic (exact) mass is 244 g/mol. The minimum Gasteiger partial charge on any atom is -0.351 e. The molecule has 4 N–H and O–H groups in total. The maximum Gasteiger partial charge on any atom is 0.237 e. The quantitative estimate of drug-likeness (QED) is 0.720. The van der Waals surface area contributed by atoms with Crippen LogP contribution in [0, 0.1) is 0 Å². The van der Waals surface area contributed by atoms with Crippen LogP contribution >= 0.6 is 0 Å². The van der Waals surface area contributed by atoms with E-state index in [1.807, 2.05) is 30.3 Å². The topological polar surface area (TPSA) is 83.8 Å². The smallest absolute Gasteiger partial charge is 0.237 e. The van der Waals surface area contributed by atoms with Gasteiger partial charge in [-0.15, -0.1) is 0 Å². The highest BCUT2D eigenvalue weighted by atomic mass is 16.2. The van der Waals surface area contributed by atoms with Gasteiger partial charge in [0.15, 0.2) is 0 Å². The van der Waals surface area contributed by atoms with Crippen LogP contribution in [-0.2, 0) is 17.8 Å². The van der Waals surface area contributed by atoms with E-state index in [1.54, 1.807) is 12.5 Å². The molecule has 1 aromatic carbocycles. The molecule has 0 saturated carbocycles. The zero-order chi connectivity index (χ0) is 12.8. The van der Waals surface area contributed by atoms with Gasteiger partial charge in [-0.1, -0.05) is 30.3 Å². The predicted molar refractivity (Wildman–Crippen MR) is 68.6 cm³/mol. The summed E-state index contributed by atoms with van der Waals surface area (Å²) in [6.45, 7) is 0.494. The Morgan fingerprint density at radius 2 is 2.17 bits per heavy atom. The lowest BCUT2D eigenvalue weighted by Gasteiger charge is -2.11. The SMILES string of the molecule is NC(Cc1c[nH]cn1)C(=O)NCc1ccccc1. The van der Waals surface area contributed by atoms with Crippen molar-refractivity contribution in [2.45, 2.75) is 19.0 Å². The molecule has 18 heavy (non-hydrogen) atoms. The van der Waals surface area contributed by atoms with Crippen LogP contribution < -0.4 is 11.1 Å². The molecule has 2 rings (SSSR count). The molecule has 1 amide bonds. The second-order valence-corrected chi connectivity index (χ2v) is 4.07. The number of benzene rings is 1. The lowest BCUT2D eigenvalue weighted by Crippen LogP contribution is -2.41. The molecule has 94 valence electrons. The first-order valence-corrected chi connectivity index (χ1v) is 5.80. The Kier molecular flexibility index (Phi) is 4.09. The molecule has 0 aliphatic rings. The largest absolute Gasteiger partial charge is 0.351 e. The van der Waals surface area contributed by atoms with Crippen molar-refractivity contribution < 1.29 is 4.79 Å². The van der Waals surface area contributed by atoms with Gasteiger partial charge in [0.25, 0.3) is 0 Å². The van der Waals surface area contributed by atoms with E-state index >= 15 is 0 Å². The van der Waals surface area contributed by atoms with Crippen molar-refractivity contribution >= 4 is 5.91 Å². The zero-order valence-electron chi connectivity index (χ0n) is 9.97. The van der Waals surface area contributed by atoms with Crippen LogP contribution in [0.5, 0.6) is 0 Å². The third kappa shape index (κ3) is 3.43. The van der Waals surface area contributed by atoms with Gasteiger partial charge in [0, 0.05) is 19.2 Å². The Morgan fingerprint density at radius 1 is 1.39 bits per heavy atom. The highest BCUT2D eigenvalue weighted by molar-refractivity contribution is 5.81. The number of nitrogens with one attached hydrogen (secondary N) is 2. The van der Waals surface area contributed by atoms with Gasteiger partial charge in [-0.3, -0.25) is 4.79 Å². The Bertz CT molecular complexity index is 481. The normalized spacial score (nSPS) is 12.1. The number of nitrogens with zero attached hydrogens (tertiary/aromatic N) is 1. The number of H-pyrrole nitrogens is 1. The molecule has 1 heterocycles. The van der Waals surface area contributed by atoms with Crippen molar-refractivity contribution in [1.82, 2.24) is 15.3 Å². The summed E-state index contributed by atoms with van der Waals surface area (Å²) in [4.78, 5) is 18.6. The van der Waals surface area contributed by atoms with Crippen molar-refractivity contribution in [1.29, 1.82) is 0 Å². The van der Waals surface area contributed by atoms with E-state index in [0.29, 0.717) is 13.0 Å². The predicted octanol–water partition coefficient (Wildman–Crippen LogP) is 0.596. The first-order chi connectivity index (χ1) is 8.75. The minimum atomic E-state index is -0.572. The maximum atomic E-state index is 11.8. The number of imidazole rings is 1. The average molecular weight is 244 g/mol. The van der Waals surface area contributed by atoms with Crippen LogP contribution in [0.3, 0.4) is 0 Å². The second-order valence-electron chi connectivity index (χ2n) is 4.07. The summed E-state index contributed by atoms with van der Waals surface area (Å²) in [7, 11) is 0. The van der Waals surface area contributed by atoms with Gasteiger partial charge in [-0.25, -0.2) is 4.98 Å². The fourth-order valence-electron chi connectivity index (χ4n) is 1.64. The van der Waals surface area contributed by atoms with E-state index in [1.165, 1.54) is 0 Å². The van der Waals surface area contributed by atoms with Gasteiger partial charge in [-0.2, -0.15) is 0 Å². The number of hydrogen-bond acceptors (Lipinski definition) is 3. The Balaban J connectivity index is 1.81. The Labute approximate surface area is 105 Å². The summed E-state index contributed by atoms with van der Waals surface area (Å²) in [5, 5.41) is 2.81. The Hall–Kier alpha value is -2.14. The molecule has 5 nitrogen and oxygen atoms in total. The summed E-state index contributed by atoms with van der Waals surface area (Å²) in [6.07, 6.45) is 3.75. The Morgan fingerprint density at radius 3 is 2.83 bits per heavy atom. The standard InChI is InChI=1S/C13H16N4O/c14-12(6-11-8-15-9-17-11)13(18)16-7-10-4-2-1-3-5-10/h1-5,8-9,12H,6-7,14H2,(H,15,17)(H,16,18). The lowest BCUT2D eigenvalue weighted by molar-refractivity contribution is -0.122. The molecule has 0 radical (unpaired) electrons. The number of aromatic nitrogens is 2. The molecule has 5 heteroatoms. The zero-order valence-corrected chi connectivity index (χ0v) is 9.97. The minimum absolute atomic E-state index is 0.165. The lowest BCUT2D eigenvalue weighted by atomic mass is 10.1. The van der Waals surface area contributed by atoms with E-state index in [9.17, 15) is 4.79 Å². The van der Waals surface area contributed by atoms with E-state index in [0.717, 1.165) is 11.3 Å². The first kappa shape index (κ1) is 12.3. The van der Waals surface area contributed by atoms with E-state index in [2.05, 4.69) is 15.3 Å². The van der Waals surface area contributed by atoms with E-state index < -0.39 is 6.04 Å². The molecule has 1 unspecified atom stereocenters. The highest BCUT2D eigenvalue weighted by Crippen LogP contribution is 1.99. The van der Waals surface area contributed by atoms with Crippen LogP contribution in [0.4, 0.5) is 0 Å². The molecule has 0 fully saturated rings. The van der Waals surface area contributed by atoms with Crippen molar-refractivity contribution in [3.63, 3.8) is 0 Å². The number of carbonyl (C=O) groups excluding carboxylic acids is 1. The second kappa shape index (κ2) is 5.97. The number of carbonyl (C=O) groups is 1. The highest BCUT2D eigenvalue weighted by Gasteiger charge is 2.14. The summed E-state index contributed by atoms with van der Waals surface area (Å²) < 4.78 is 0.